The first-order valence-electron chi connectivity index (χ1n) is 8.60. The second-order valence-electron chi connectivity index (χ2n) is 6.51. The number of primary amides is 1. The standard InChI is InChI=1S/C19H18FN3O2S/c20-13-6-2-1-4-11(13)10-16-22-18-17(12-5-3-7-14(12)26-18)19(25)23(16)9-8-15(21)24/h1-2,4,6H,3,5,7-10H2,(H2,21,24). The van der Waals surface area contributed by atoms with Gasteiger partial charge in [-0.1, -0.05) is 18.2 Å². The number of thiophene rings is 1. The molecule has 2 N–H and O–H groups in total. The highest BCUT2D eigenvalue weighted by Gasteiger charge is 2.23. The number of rotatable bonds is 5. The van der Waals surface area contributed by atoms with E-state index in [0.29, 0.717) is 21.6 Å². The summed E-state index contributed by atoms with van der Waals surface area (Å²) in [5.74, 6) is -0.352. The normalized spacial score (nSPS) is 13.3. The minimum atomic E-state index is -0.482. The maximum Gasteiger partial charge on any atom is 0.262 e. The molecule has 0 fully saturated rings. The number of aryl methyl sites for hydroxylation is 2. The van der Waals surface area contributed by atoms with Crippen LogP contribution < -0.4 is 11.3 Å². The first-order chi connectivity index (χ1) is 12.5. The van der Waals surface area contributed by atoms with Gasteiger partial charge in [-0.25, -0.2) is 9.37 Å². The molecule has 1 aromatic carbocycles. The van der Waals surface area contributed by atoms with Gasteiger partial charge < -0.3 is 5.73 Å². The predicted octanol–water partition coefficient (Wildman–Crippen LogP) is 2.55. The lowest BCUT2D eigenvalue weighted by molar-refractivity contribution is -0.118. The summed E-state index contributed by atoms with van der Waals surface area (Å²) in [5, 5.41) is 0.657. The topological polar surface area (TPSA) is 78.0 Å². The summed E-state index contributed by atoms with van der Waals surface area (Å²) in [7, 11) is 0. The third kappa shape index (κ3) is 2.92. The van der Waals surface area contributed by atoms with Gasteiger partial charge in [-0.3, -0.25) is 14.2 Å². The Bertz CT molecular complexity index is 1070. The highest BCUT2D eigenvalue weighted by molar-refractivity contribution is 7.18. The third-order valence-corrected chi connectivity index (χ3v) is 5.98. The highest BCUT2D eigenvalue weighted by Crippen LogP contribution is 2.35. The average molecular weight is 371 g/mol. The lowest BCUT2D eigenvalue weighted by Crippen LogP contribution is -2.28. The van der Waals surface area contributed by atoms with Crippen LogP contribution in [0.4, 0.5) is 4.39 Å². The number of benzene rings is 1. The zero-order chi connectivity index (χ0) is 18.3. The molecule has 134 valence electrons. The largest absolute Gasteiger partial charge is 0.370 e. The number of amides is 1. The van der Waals surface area contributed by atoms with Gasteiger partial charge >= 0.3 is 0 Å². The first kappa shape index (κ1) is 16.9. The molecule has 7 heteroatoms. The van der Waals surface area contributed by atoms with E-state index in [1.165, 1.54) is 15.5 Å². The molecule has 2 aromatic heterocycles. The van der Waals surface area contributed by atoms with E-state index in [1.54, 1.807) is 29.5 Å². The van der Waals surface area contributed by atoms with Gasteiger partial charge in [0.25, 0.3) is 5.56 Å². The summed E-state index contributed by atoms with van der Waals surface area (Å²) in [6.07, 6.45) is 3.14. The van der Waals surface area contributed by atoms with Crippen LogP contribution in [0.5, 0.6) is 0 Å². The SMILES string of the molecule is NC(=O)CCn1c(Cc2ccccc2F)nc2sc3c(c2c1=O)CCC3. The predicted molar refractivity (Wildman–Crippen MR) is 98.9 cm³/mol. The van der Waals surface area contributed by atoms with Gasteiger partial charge in [0.1, 0.15) is 16.5 Å². The monoisotopic (exact) mass is 371 g/mol. The van der Waals surface area contributed by atoms with Crippen LogP contribution in [-0.4, -0.2) is 15.5 Å². The quantitative estimate of drug-likeness (QED) is 0.749. The van der Waals surface area contributed by atoms with Crippen molar-refractivity contribution in [3.63, 3.8) is 0 Å². The Labute approximate surface area is 153 Å². The summed E-state index contributed by atoms with van der Waals surface area (Å²) >= 11 is 1.55. The Kier molecular flexibility index (Phi) is 4.32. The van der Waals surface area contributed by atoms with Crippen molar-refractivity contribution in [3.05, 3.63) is 62.3 Å². The molecule has 0 unspecified atom stereocenters. The molecule has 0 aliphatic heterocycles. The van der Waals surface area contributed by atoms with Crippen LogP contribution in [0.25, 0.3) is 10.2 Å². The molecule has 0 saturated heterocycles. The van der Waals surface area contributed by atoms with Crippen molar-refractivity contribution in [2.24, 2.45) is 5.73 Å². The number of hydrogen-bond donors (Lipinski definition) is 1. The highest BCUT2D eigenvalue weighted by atomic mass is 32.1. The number of carbonyl (C=O) groups excluding carboxylic acids is 1. The Morgan fingerprint density at radius 2 is 2.12 bits per heavy atom. The molecular formula is C19H18FN3O2S. The molecule has 0 atom stereocenters. The Balaban J connectivity index is 1.87. The van der Waals surface area contributed by atoms with Crippen LogP contribution in [0.15, 0.2) is 29.1 Å². The van der Waals surface area contributed by atoms with Crippen molar-refractivity contribution in [1.29, 1.82) is 0 Å². The fourth-order valence-corrected chi connectivity index (χ4v) is 4.79. The maximum absolute atomic E-state index is 14.1. The number of nitrogens with two attached hydrogens (primary N) is 1. The molecule has 5 nitrogen and oxygen atoms in total. The van der Waals surface area contributed by atoms with E-state index in [9.17, 15) is 14.0 Å². The molecular weight excluding hydrogens is 353 g/mol. The average Bonchev–Trinajstić information content (AvgIpc) is 3.16. The summed E-state index contributed by atoms with van der Waals surface area (Å²) in [6, 6.07) is 6.44. The van der Waals surface area contributed by atoms with Crippen LogP contribution in [0.3, 0.4) is 0 Å². The third-order valence-electron chi connectivity index (χ3n) is 4.79. The van der Waals surface area contributed by atoms with Crippen molar-refractivity contribution in [2.75, 3.05) is 0 Å². The van der Waals surface area contributed by atoms with E-state index < -0.39 is 5.91 Å². The smallest absolute Gasteiger partial charge is 0.262 e. The zero-order valence-corrected chi connectivity index (χ0v) is 14.9. The fraction of sp³-hybridized carbons (Fsp3) is 0.316. The molecule has 26 heavy (non-hydrogen) atoms. The molecule has 3 aromatic rings. The van der Waals surface area contributed by atoms with E-state index in [4.69, 9.17) is 5.73 Å². The van der Waals surface area contributed by atoms with Gasteiger partial charge in [-0.15, -0.1) is 11.3 Å². The minimum Gasteiger partial charge on any atom is -0.370 e. The molecule has 1 aliphatic rings. The van der Waals surface area contributed by atoms with Gasteiger partial charge in [-0.2, -0.15) is 0 Å². The van der Waals surface area contributed by atoms with Crippen molar-refractivity contribution >= 4 is 27.5 Å². The fourth-order valence-electron chi connectivity index (χ4n) is 3.52. The van der Waals surface area contributed by atoms with Gasteiger partial charge in [0.2, 0.25) is 5.91 Å². The molecule has 2 heterocycles. The molecule has 1 aliphatic carbocycles. The summed E-state index contributed by atoms with van der Waals surface area (Å²) < 4.78 is 15.6. The van der Waals surface area contributed by atoms with Gasteiger partial charge in [0.15, 0.2) is 0 Å². The molecule has 1 amide bonds. The summed E-state index contributed by atoms with van der Waals surface area (Å²) in [5.41, 5.74) is 6.68. The Hall–Kier alpha value is -2.54. The van der Waals surface area contributed by atoms with Crippen LogP contribution >= 0.6 is 11.3 Å². The van der Waals surface area contributed by atoms with Crippen LogP contribution in [0.1, 0.15) is 34.7 Å². The van der Waals surface area contributed by atoms with Crippen LogP contribution in [0.2, 0.25) is 0 Å². The van der Waals surface area contributed by atoms with Crippen LogP contribution in [-0.2, 0) is 30.6 Å². The number of halogens is 1. The lowest BCUT2D eigenvalue weighted by Gasteiger charge is -2.12. The van der Waals surface area contributed by atoms with Crippen molar-refractivity contribution in [3.8, 4) is 0 Å². The summed E-state index contributed by atoms with van der Waals surface area (Å²) in [6.45, 7) is 0.158. The number of carbonyl (C=O) groups is 1. The molecule has 0 spiro atoms. The first-order valence-corrected chi connectivity index (χ1v) is 9.42. The second-order valence-corrected chi connectivity index (χ2v) is 7.59. The number of hydrogen-bond acceptors (Lipinski definition) is 4. The molecule has 0 saturated carbocycles. The van der Waals surface area contributed by atoms with Crippen molar-refractivity contribution in [2.45, 2.75) is 38.6 Å². The van der Waals surface area contributed by atoms with E-state index in [0.717, 1.165) is 24.8 Å². The minimum absolute atomic E-state index is 0.0453. The number of aromatic nitrogens is 2. The number of nitrogens with zero attached hydrogens (tertiary/aromatic N) is 2. The molecule has 0 radical (unpaired) electrons. The van der Waals surface area contributed by atoms with Crippen molar-refractivity contribution < 1.29 is 9.18 Å². The van der Waals surface area contributed by atoms with Gasteiger partial charge in [0, 0.05) is 24.3 Å². The Morgan fingerprint density at radius 1 is 1.31 bits per heavy atom. The maximum atomic E-state index is 14.1. The van der Waals surface area contributed by atoms with Crippen molar-refractivity contribution in [1.82, 2.24) is 9.55 Å². The van der Waals surface area contributed by atoms with E-state index in [1.807, 2.05) is 0 Å². The van der Waals surface area contributed by atoms with Gasteiger partial charge in [0.05, 0.1) is 5.39 Å². The van der Waals surface area contributed by atoms with Crippen LogP contribution in [0, 0.1) is 5.82 Å². The Morgan fingerprint density at radius 3 is 2.88 bits per heavy atom. The second kappa shape index (κ2) is 6.64. The lowest BCUT2D eigenvalue weighted by atomic mass is 10.1. The van der Waals surface area contributed by atoms with Gasteiger partial charge in [-0.05, 0) is 36.5 Å². The molecule has 0 bridgehead atoms. The van der Waals surface area contributed by atoms with E-state index in [2.05, 4.69) is 4.98 Å². The molecule has 4 rings (SSSR count). The summed E-state index contributed by atoms with van der Waals surface area (Å²) in [4.78, 5) is 31.0. The zero-order valence-electron chi connectivity index (χ0n) is 14.1. The van der Waals surface area contributed by atoms with E-state index in [-0.39, 0.29) is 30.8 Å². The van der Waals surface area contributed by atoms with E-state index >= 15 is 0 Å². The number of fused-ring (bicyclic) bond motifs is 3.